The van der Waals surface area contributed by atoms with Gasteiger partial charge in [0.2, 0.25) is 0 Å². The number of nitrogens with zero attached hydrogens (tertiary/aromatic N) is 2. The first-order valence-electron chi connectivity index (χ1n) is 7.09. The van der Waals surface area contributed by atoms with Crippen LogP contribution in [0.4, 0.5) is 5.88 Å². The van der Waals surface area contributed by atoms with Crippen molar-refractivity contribution in [1.29, 1.82) is 0 Å². The van der Waals surface area contributed by atoms with Crippen LogP contribution in [0, 0.1) is 6.92 Å². The first-order chi connectivity index (χ1) is 11.4. The summed E-state index contributed by atoms with van der Waals surface area (Å²) in [5.41, 5.74) is 1.03. The normalized spacial score (nSPS) is 11.6. The van der Waals surface area contributed by atoms with E-state index >= 15 is 0 Å². The van der Waals surface area contributed by atoms with Crippen molar-refractivity contribution in [2.45, 2.75) is 18.7 Å². The number of ether oxygens (including phenoxy) is 1. The van der Waals surface area contributed by atoms with Gasteiger partial charge in [-0.3, -0.25) is 4.98 Å². The Morgan fingerprint density at radius 1 is 1.33 bits per heavy atom. The van der Waals surface area contributed by atoms with E-state index in [9.17, 15) is 8.42 Å². The van der Waals surface area contributed by atoms with Crippen LogP contribution in [0.15, 0.2) is 44.4 Å². The molecule has 7 nitrogen and oxygen atoms in total. The van der Waals surface area contributed by atoms with Gasteiger partial charge in [0.15, 0.2) is 0 Å². The van der Waals surface area contributed by atoms with Gasteiger partial charge >= 0.3 is 0 Å². The lowest BCUT2D eigenvalue weighted by atomic mass is 10.2. The molecule has 24 heavy (non-hydrogen) atoms. The van der Waals surface area contributed by atoms with Gasteiger partial charge in [-0.05, 0) is 54.0 Å². The van der Waals surface area contributed by atoms with E-state index in [-0.39, 0.29) is 10.8 Å². The minimum atomic E-state index is -3.89. The lowest BCUT2D eigenvalue weighted by molar-refractivity contribution is 0.343. The predicted molar refractivity (Wildman–Crippen MR) is 92.7 cm³/mol. The summed E-state index contributed by atoms with van der Waals surface area (Å²) in [4.78, 5) is 4.32. The molecule has 0 unspecified atom stereocenters. The van der Waals surface area contributed by atoms with E-state index in [0.717, 1.165) is 0 Å². The third-order valence-corrected chi connectivity index (χ3v) is 5.62. The van der Waals surface area contributed by atoms with Gasteiger partial charge in [0.05, 0.1) is 17.2 Å². The monoisotopic (exact) mass is 411 g/mol. The Morgan fingerprint density at radius 2 is 2.12 bits per heavy atom. The summed E-state index contributed by atoms with van der Waals surface area (Å²) in [6.45, 7) is 4.01. The number of nitrogens with one attached hydrogen (secondary N) is 1. The number of sulfonamides is 1. The molecule has 2 heterocycles. The van der Waals surface area contributed by atoms with E-state index in [1.54, 1.807) is 31.3 Å². The summed E-state index contributed by atoms with van der Waals surface area (Å²) in [7, 11) is -3.89. The highest BCUT2D eigenvalue weighted by Gasteiger charge is 2.23. The average Bonchev–Trinajstić information content (AvgIpc) is 2.87. The maximum absolute atomic E-state index is 12.8. The fourth-order valence-corrected chi connectivity index (χ4v) is 3.80. The highest BCUT2D eigenvalue weighted by atomic mass is 79.9. The van der Waals surface area contributed by atoms with Crippen LogP contribution in [0.3, 0.4) is 0 Å². The second kappa shape index (κ2) is 6.40. The first-order valence-corrected chi connectivity index (χ1v) is 9.36. The molecular formula is C15H14BrN3O4S. The van der Waals surface area contributed by atoms with Crippen LogP contribution in [-0.4, -0.2) is 25.2 Å². The van der Waals surface area contributed by atoms with Crippen molar-refractivity contribution in [1.82, 2.24) is 10.1 Å². The maximum atomic E-state index is 12.8. The zero-order valence-electron chi connectivity index (χ0n) is 12.9. The number of halogens is 1. The van der Waals surface area contributed by atoms with Crippen LogP contribution in [0.5, 0.6) is 5.75 Å². The third-order valence-electron chi connectivity index (χ3n) is 3.30. The summed E-state index contributed by atoms with van der Waals surface area (Å²) < 4.78 is 38.9. The molecule has 0 saturated carbocycles. The van der Waals surface area contributed by atoms with Crippen LogP contribution in [0.2, 0.25) is 0 Å². The molecule has 126 valence electrons. The lowest BCUT2D eigenvalue weighted by Crippen LogP contribution is -2.13. The van der Waals surface area contributed by atoms with Gasteiger partial charge in [-0.2, -0.15) is 0 Å². The summed E-state index contributed by atoms with van der Waals surface area (Å²) in [6, 6.07) is 6.42. The van der Waals surface area contributed by atoms with Crippen LogP contribution >= 0.6 is 15.9 Å². The molecule has 3 rings (SSSR count). The minimum Gasteiger partial charge on any atom is -0.492 e. The molecule has 0 atom stereocenters. The molecule has 0 bridgehead atoms. The summed E-state index contributed by atoms with van der Waals surface area (Å²) in [6.07, 6.45) is 1.59. The van der Waals surface area contributed by atoms with Gasteiger partial charge in [0.1, 0.15) is 15.7 Å². The van der Waals surface area contributed by atoms with Crippen LogP contribution in [0.1, 0.15) is 12.6 Å². The van der Waals surface area contributed by atoms with Gasteiger partial charge in [-0.25, -0.2) is 13.1 Å². The van der Waals surface area contributed by atoms with Crippen LogP contribution in [0.25, 0.3) is 10.9 Å². The van der Waals surface area contributed by atoms with Crippen molar-refractivity contribution in [3.8, 4) is 5.75 Å². The lowest BCUT2D eigenvalue weighted by Gasteiger charge is -2.11. The van der Waals surface area contributed by atoms with E-state index in [1.165, 1.54) is 6.07 Å². The number of fused-ring (bicyclic) bond motifs is 1. The Balaban J connectivity index is 2.11. The molecule has 0 fully saturated rings. The summed E-state index contributed by atoms with van der Waals surface area (Å²) >= 11 is 3.24. The number of benzene rings is 1. The standard InChI is InChI=1S/C15H14BrN3O4S/c1-3-22-11-6-7-12(10-5-4-8-17-14(10)11)24(20,21)19-15-13(16)9(2)18-23-15/h4-8,19H,3H2,1-2H3. The molecular weight excluding hydrogens is 398 g/mol. The number of pyridine rings is 1. The Kier molecular flexibility index (Phi) is 4.46. The van der Waals surface area contributed by atoms with Crippen molar-refractivity contribution in [3.63, 3.8) is 0 Å². The number of hydrogen-bond acceptors (Lipinski definition) is 6. The van der Waals surface area contributed by atoms with Crippen LogP contribution in [-0.2, 0) is 10.0 Å². The predicted octanol–water partition coefficient (Wildman–Crippen LogP) is 3.49. The van der Waals surface area contributed by atoms with Gasteiger partial charge < -0.3 is 9.26 Å². The SMILES string of the molecule is CCOc1ccc(S(=O)(=O)Nc2onc(C)c2Br)c2cccnc12. The number of anilines is 1. The highest BCUT2D eigenvalue weighted by molar-refractivity contribution is 9.10. The second-order valence-corrected chi connectivity index (χ2v) is 7.35. The average molecular weight is 412 g/mol. The molecule has 0 spiro atoms. The molecule has 0 aliphatic heterocycles. The van der Waals surface area contributed by atoms with Crippen molar-refractivity contribution in [3.05, 3.63) is 40.6 Å². The molecule has 2 aromatic heterocycles. The first kappa shape index (κ1) is 16.7. The van der Waals surface area contributed by atoms with Gasteiger partial charge in [0.25, 0.3) is 15.9 Å². The number of aryl methyl sites for hydroxylation is 1. The molecule has 0 amide bonds. The maximum Gasteiger partial charge on any atom is 0.264 e. The van der Waals surface area contributed by atoms with Crippen molar-refractivity contribution >= 4 is 42.7 Å². The van der Waals surface area contributed by atoms with Crippen molar-refractivity contribution in [2.24, 2.45) is 0 Å². The zero-order valence-corrected chi connectivity index (χ0v) is 15.3. The molecule has 0 saturated heterocycles. The summed E-state index contributed by atoms with van der Waals surface area (Å²) in [5, 5.41) is 4.18. The molecule has 9 heteroatoms. The fourth-order valence-electron chi connectivity index (χ4n) is 2.23. The molecule has 0 radical (unpaired) electrons. The Morgan fingerprint density at radius 3 is 2.79 bits per heavy atom. The Hall–Kier alpha value is -2.13. The van der Waals surface area contributed by atoms with E-state index in [1.807, 2.05) is 6.92 Å². The second-order valence-electron chi connectivity index (χ2n) is 4.91. The number of aromatic nitrogens is 2. The van der Waals surface area contributed by atoms with Crippen molar-refractivity contribution < 1.29 is 17.7 Å². The number of rotatable bonds is 5. The molecule has 1 aromatic carbocycles. The summed E-state index contributed by atoms with van der Waals surface area (Å²) in [5.74, 6) is 0.558. The van der Waals surface area contributed by atoms with E-state index < -0.39 is 10.0 Å². The third kappa shape index (κ3) is 2.96. The minimum absolute atomic E-state index is 0.0263. The smallest absolute Gasteiger partial charge is 0.264 e. The van der Waals surface area contributed by atoms with Gasteiger partial charge in [-0.1, -0.05) is 5.16 Å². The van der Waals surface area contributed by atoms with Crippen molar-refractivity contribution in [2.75, 3.05) is 11.3 Å². The van der Waals surface area contributed by atoms with Crippen LogP contribution < -0.4 is 9.46 Å². The Labute approximate surface area is 147 Å². The molecule has 3 aromatic rings. The van der Waals surface area contributed by atoms with E-state index in [4.69, 9.17) is 9.26 Å². The topological polar surface area (TPSA) is 94.3 Å². The molecule has 0 aliphatic carbocycles. The fraction of sp³-hybridized carbons (Fsp3) is 0.200. The Bertz CT molecular complexity index is 1000. The molecule has 0 aliphatic rings. The van der Waals surface area contributed by atoms with E-state index in [2.05, 4.69) is 30.8 Å². The van der Waals surface area contributed by atoms with Gasteiger partial charge in [-0.15, -0.1) is 0 Å². The van der Waals surface area contributed by atoms with Gasteiger partial charge in [0, 0.05) is 11.6 Å². The zero-order chi connectivity index (χ0) is 17.3. The molecule has 1 N–H and O–H groups in total. The van der Waals surface area contributed by atoms with E-state index in [0.29, 0.717) is 33.4 Å². The number of hydrogen-bond donors (Lipinski definition) is 1. The highest BCUT2D eigenvalue weighted by Crippen LogP contribution is 2.32. The quantitative estimate of drug-likeness (QED) is 0.690. The largest absolute Gasteiger partial charge is 0.492 e.